The van der Waals surface area contributed by atoms with Crippen LogP contribution in [-0.4, -0.2) is 48.2 Å². The highest BCUT2D eigenvalue weighted by Gasteiger charge is 2.48. The zero-order chi connectivity index (χ0) is 19.2. The van der Waals surface area contributed by atoms with E-state index in [9.17, 15) is 8.42 Å². The zero-order valence-corrected chi connectivity index (χ0v) is 16.6. The average molecular weight is 391 g/mol. The molecule has 2 saturated heterocycles. The Morgan fingerprint density at radius 2 is 1.67 bits per heavy atom. The molecule has 2 bridgehead atoms. The van der Waals surface area contributed by atoms with Crippen molar-refractivity contribution in [2.75, 3.05) is 7.11 Å². The summed E-state index contributed by atoms with van der Waals surface area (Å²) in [7, 11) is -1.92. The third-order valence-electron chi connectivity index (χ3n) is 5.58. The number of hydrogen-bond acceptors (Lipinski definition) is 5. The van der Waals surface area contributed by atoms with Crippen LogP contribution < -0.4 is 9.47 Å². The van der Waals surface area contributed by atoms with Gasteiger partial charge in [0.2, 0.25) is 10.0 Å². The number of aromatic amines is 1. The van der Waals surface area contributed by atoms with E-state index in [0.717, 1.165) is 24.3 Å². The first-order valence-corrected chi connectivity index (χ1v) is 10.7. The van der Waals surface area contributed by atoms with Crippen molar-refractivity contribution in [2.24, 2.45) is 0 Å². The lowest BCUT2D eigenvalue weighted by Crippen LogP contribution is -2.49. The number of hydrogen-bond donors (Lipinski definition) is 1. The number of rotatable bonds is 5. The summed E-state index contributed by atoms with van der Waals surface area (Å²) in [5, 5.41) is 6.86. The maximum Gasteiger partial charge on any atom is 0.247 e. The molecule has 0 aliphatic carbocycles. The first-order valence-electron chi connectivity index (χ1n) is 9.26. The van der Waals surface area contributed by atoms with Crippen molar-refractivity contribution in [3.8, 4) is 11.5 Å². The van der Waals surface area contributed by atoms with Crippen LogP contribution in [0.3, 0.4) is 0 Å². The molecule has 2 fully saturated rings. The van der Waals surface area contributed by atoms with Crippen LogP contribution in [0.5, 0.6) is 11.5 Å². The fourth-order valence-electron chi connectivity index (χ4n) is 4.45. The van der Waals surface area contributed by atoms with Gasteiger partial charge >= 0.3 is 0 Å². The predicted molar refractivity (Wildman–Crippen MR) is 101 cm³/mol. The number of sulfonamides is 1. The van der Waals surface area contributed by atoms with Crippen molar-refractivity contribution in [3.63, 3.8) is 0 Å². The average Bonchev–Trinajstić information content (AvgIpc) is 3.13. The molecule has 0 saturated carbocycles. The van der Waals surface area contributed by atoms with Crippen LogP contribution in [-0.2, 0) is 10.0 Å². The number of fused-ring (bicyclic) bond motifs is 2. The predicted octanol–water partition coefficient (Wildman–Crippen LogP) is 2.80. The van der Waals surface area contributed by atoms with Gasteiger partial charge in [-0.2, -0.15) is 9.40 Å². The SMILES string of the molecule is COc1ccc(O[C@@H]2C[C@H]3CC[C@@H](C2)N3S(=O)(=O)c2c(C)n[nH]c2C)cc1. The van der Waals surface area contributed by atoms with E-state index >= 15 is 0 Å². The Bertz CT molecular complexity index is 889. The first kappa shape index (κ1) is 18.3. The molecule has 7 nitrogen and oxygen atoms in total. The normalized spacial score (nSPS) is 25.5. The number of ether oxygens (including phenoxy) is 2. The molecule has 8 heteroatoms. The summed E-state index contributed by atoms with van der Waals surface area (Å²) in [4.78, 5) is 0.328. The molecule has 4 rings (SSSR count). The molecule has 1 N–H and O–H groups in total. The Labute approximate surface area is 159 Å². The number of aromatic nitrogens is 2. The van der Waals surface area contributed by atoms with Crippen molar-refractivity contribution in [1.29, 1.82) is 0 Å². The van der Waals surface area contributed by atoms with Crippen molar-refractivity contribution in [2.45, 2.75) is 62.6 Å². The van der Waals surface area contributed by atoms with Crippen LogP contribution >= 0.6 is 0 Å². The van der Waals surface area contributed by atoms with Crippen LogP contribution in [0.4, 0.5) is 0 Å². The number of piperidine rings is 1. The lowest BCUT2D eigenvalue weighted by molar-refractivity contribution is 0.0956. The number of methoxy groups -OCH3 is 1. The van der Waals surface area contributed by atoms with E-state index < -0.39 is 10.0 Å². The number of benzene rings is 1. The molecule has 0 unspecified atom stereocenters. The summed E-state index contributed by atoms with van der Waals surface area (Å²) in [6.45, 7) is 3.49. The Balaban J connectivity index is 1.52. The molecule has 0 radical (unpaired) electrons. The van der Waals surface area contributed by atoms with Gasteiger partial charge in [-0.3, -0.25) is 5.10 Å². The van der Waals surface area contributed by atoms with E-state index in [-0.39, 0.29) is 18.2 Å². The van der Waals surface area contributed by atoms with Crippen LogP contribution in [0.25, 0.3) is 0 Å². The van der Waals surface area contributed by atoms with Gasteiger partial charge in [0, 0.05) is 24.9 Å². The van der Waals surface area contributed by atoms with Crippen molar-refractivity contribution in [1.82, 2.24) is 14.5 Å². The highest BCUT2D eigenvalue weighted by Crippen LogP contribution is 2.41. The van der Waals surface area contributed by atoms with E-state index in [1.54, 1.807) is 25.3 Å². The second kappa shape index (κ2) is 6.83. The second-order valence-electron chi connectivity index (χ2n) is 7.37. The van der Waals surface area contributed by atoms with Crippen molar-refractivity contribution in [3.05, 3.63) is 35.7 Å². The van der Waals surface area contributed by atoms with Gasteiger partial charge in [0.1, 0.15) is 22.5 Å². The van der Waals surface area contributed by atoms with Gasteiger partial charge in [-0.05, 0) is 51.0 Å². The Morgan fingerprint density at radius 3 is 2.19 bits per heavy atom. The Kier molecular flexibility index (Phi) is 4.63. The minimum Gasteiger partial charge on any atom is -0.497 e. The molecule has 2 aliphatic rings. The Hall–Kier alpha value is -2.06. The summed E-state index contributed by atoms with van der Waals surface area (Å²) >= 11 is 0. The zero-order valence-electron chi connectivity index (χ0n) is 15.8. The number of H-pyrrole nitrogens is 1. The lowest BCUT2D eigenvalue weighted by Gasteiger charge is -2.37. The van der Waals surface area contributed by atoms with Gasteiger partial charge in [-0.1, -0.05) is 0 Å². The summed E-state index contributed by atoms with van der Waals surface area (Å²) in [6, 6.07) is 7.47. The van der Waals surface area contributed by atoms with E-state index in [1.807, 2.05) is 24.3 Å². The summed E-state index contributed by atoms with van der Waals surface area (Å²) in [6.07, 6.45) is 3.19. The highest BCUT2D eigenvalue weighted by molar-refractivity contribution is 7.89. The Morgan fingerprint density at radius 1 is 1.07 bits per heavy atom. The van der Waals surface area contributed by atoms with E-state index in [2.05, 4.69) is 10.2 Å². The van der Waals surface area contributed by atoms with Crippen LogP contribution in [0.2, 0.25) is 0 Å². The quantitative estimate of drug-likeness (QED) is 0.847. The van der Waals surface area contributed by atoms with E-state index in [4.69, 9.17) is 9.47 Å². The van der Waals surface area contributed by atoms with Gasteiger partial charge in [0.15, 0.2) is 0 Å². The second-order valence-corrected chi connectivity index (χ2v) is 9.15. The standard InChI is InChI=1S/C19H25N3O4S/c1-12-19(13(2)21-20-12)27(23,24)22-14-4-5-15(22)11-18(10-14)26-17-8-6-16(25-3)7-9-17/h6-9,14-15,18H,4-5,10-11H2,1-3H3,(H,20,21)/t14-,15+,18-. The molecular weight excluding hydrogens is 366 g/mol. The van der Waals surface area contributed by atoms with Crippen LogP contribution in [0, 0.1) is 13.8 Å². The minimum atomic E-state index is -3.55. The van der Waals surface area contributed by atoms with Gasteiger partial charge < -0.3 is 9.47 Å². The molecule has 27 heavy (non-hydrogen) atoms. The monoisotopic (exact) mass is 391 g/mol. The summed E-state index contributed by atoms with van der Waals surface area (Å²) in [5.41, 5.74) is 1.13. The third kappa shape index (κ3) is 3.21. The third-order valence-corrected chi connectivity index (χ3v) is 7.85. The molecular formula is C19H25N3O4S. The van der Waals surface area contributed by atoms with E-state index in [0.29, 0.717) is 29.1 Å². The fourth-order valence-corrected chi connectivity index (χ4v) is 6.68. The molecule has 1 aromatic carbocycles. The van der Waals surface area contributed by atoms with E-state index in [1.165, 1.54) is 0 Å². The topological polar surface area (TPSA) is 84.5 Å². The summed E-state index contributed by atoms with van der Waals surface area (Å²) in [5.74, 6) is 1.58. The van der Waals surface area contributed by atoms with Crippen LogP contribution in [0.15, 0.2) is 29.2 Å². The first-order chi connectivity index (χ1) is 12.9. The fraction of sp³-hybridized carbons (Fsp3) is 0.526. The molecule has 2 aromatic rings. The minimum absolute atomic E-state index is 0.0221. The maximum absolute atomic E-state index is 13.3. The number of aryl methyl sites for hydroxylation is 2. The van der Waals surface area contributed by atoms with Crippen LogP contribution in [0.1, 0.15) is 37.1 Å². The highest BCUT2D eigenvalue weighted by atomic mass is 32.2. The van der Waals surface area contributed by atoms with Gasteiger partial charge in [0.05, 0.1) is 18.5 Å². The molecule has 0 spiro atoms. The summed E-state index contributed by atoms with van der Waals surface area (Å²) < 4.78 is 39.6. The van der Waals surface area contributed by atoms with Gasteiger partial charge in [-0.15, -0.1) is 0 Å². The largest absolute Gasteiger partial charge is 0.497 e. The van der Waals surface area contributed by atoms with Crippen molar-refractivity contribution < 1.29 is 17.9 Å². The molecule has 2 aliphatic heterocycles. The molecule has 1 aromatic heterocycles. The smallest absolute Gasteiger partial charge is 0.247 e. The molecule has 3 heterocycles. The molecule has 0 amide bonds. The number of nitrogens with zero attached hydrogens (tertiary/aromatic N) is 2. The lowest BCUT2D eigenvalue weighted by atomic mass is 10.0. The molecule has 3 atom stereocenters. The van der Waals surface area contributed by atoms with Crippen molar-refractivity contribution >= 4 is 10.0 Å². The maximum atomic E-state index is 13.3. The van der Waals surface area contributed by atoms with Gasteiger partial charge in [-0.25, -0.2) is 8.42 Å². The molecule has 146 valence electrons. The number of nitrogens with one attached hydrogen (secondary N) is 1. The van der Waals surface area contributed by atoms with Gasteiger partial charge in [0.25, 0.3) is 0 Å².